The van der Waals surface area contributed by atoms with Crippen LogP contribution >= 0.6 is 0 Å². The molecule has 1 unspecified atom stereocenters. The Morgan fingerprint density at radius 2 is 1.80 bits per heavy atom. The Morgan fingerprint density at radius 1 is 1.07 bits per heavy atom. The lowest BCUT2D eigenvalue weighted by Gasteiger charge is -2.37. The Kier molecular flexibility index (Phi) is 5.55. The van der Waals surface area contributed by atoms with E-state index in [1.165, 1.54) is 6.07 Å². The van der Waals surface area contributed by atoms with Gasteiger partial charge in [0.1, 0.15) is 11.5 Å². The molecule has 1 fully saturated rings. The lowest BCUT2D eigenvalue weighted by Crippen LogP contribution is -2.54. The SMILES string of the molecule is Cc1ccc(NC(=O)C(C)N2CCN(C(=O)c3cc4ccccc4[nH]3)CC2)cc1F. The van der Waals surface area contributed by atoms with Crippen LogP contribution in [0.1, 0.15) is 23.0 Å². The van der Waals surface area contributed by atoms with Gasteiger partial charge in [0.05, 0.1) is 6.04 Å². The minimum Gasteiger partial charge on any atom is -0.351 e. The molecule has 0 bridgehead atoms. The number of anilines is 1. The molecular weight excluding hydrogens is 383 g/mol. The summed E-state index contributed by atoms with van der Waals surface area (Å²) in [5, 5.41) is 3.79. The highest BCUT2D eigenvalue weighted by atomic mass is 19.1. The summed E-state index contributed by atoms with van der Waals surface area (Å²) >= 11 is 0. The Morgan fingerprint density at radius 3 is 2.50 bits per heavy atom. The number of para-hydroxylation sites is 1. The number of piperazine rings is 1. The van der Waals surface area contributed by atoms with E-state index in [0.29, 0.717) is 43.1 Å². The maximum Gasteiger partial charge on any atom is 0.270 e. The summed E-state index contributed by atoms with van der Waals surface area (Å²) in [6, 6.07) is 14.0. The van der Waals surface area contributed by atoms with E-state index in [0.717, 1.165) is 10.9 Å². The molecule has 4 rings (SSSR count). The van der Waals surface area contributed by atoms with Crippen LogP contribution in [0.3, 0.4) is 0 Å². The minimum absolute atomic E-state index is 0.0296. The molecule has 6 nitrogen and oxygen atoms in total. The van der Waals surface area contributed by atoms with Gasteiger partial charge in [0.25, 0.3) is 5.91 Å². The van der Waals surface area contributed by atoms with E-state index in [4.69, 9.17) is 0 Å². The van der Waals surface area contributed by atoms with E-state index in [1.54, 1.807) is 24.0 Å². The number of hydrogen-bond donors (Lipinski definition) is 2. The van der Waals surface area contributed by atoms with E-state index >= 15 is 0 Å². The van der Waals surface area contributed by atoms with E-state index < -0.39 is 0 Å². The van der Waals surface area contributed by atoms with Gasteiger partial charge in [0.2, 0.25) is 5.91 Å². The third kappa shape index (κ3) is 4.07. The van der Waals surface area contributed by atoms with Crippen LogP contribution in [0, 0.1) is 12.7 Å². The normalized spacial score (nSPS) is 15.9. The van der Waals surface area contributed by atoms with Crippen LogP contribution in [0.5, 0.6) is 0 Å². The molecule has 2 heterocycles. The number of benzene rings is 2. The van der Waals surface area contributed by atoms with Crippen molar-refractivity contribution in [2.45, 2.75) is 19.9 Å². The average Bonchev–Trinajstić information content (AvgIpc) is 3.19. The van der Waals surface area contributed by atoms with Crippen LogP contribution in [0.4, 0.5) is 10.1 Å². The van der Waals surface area contributed by atoms with Gasteiger partial charge in [0.15, 0.2) is 0 Å². The van der Waals surface area contributed by atoms with Crippen molar-refractivity contribution in [2.24, 2.45) is 0 Å². The number of amides is 2. The van der Waals surface area contributed by atoms with Gasteiger partial charge in [0, 0.05) is 42.8 Å². The average molecular weight is 408 g/mol. The van der Waals surface area contributed by atoms with Gasteiger partial charge in [-0.2, -0.15) is 0 Å². The van der Waals surface area contributed by atoms with E-state index in [2.05, 4.69) is 10.3 Å². The summed E-state index contributed by atoms with van der Waals surface area (Å²) in [6.45, 7) is 5.80. The Balaban J connectivity index is 1.34. The van der Waals surface area contributed by atoms with Crippen molar-refractivity contribution in [3.05, 3.63) is 65.6 Å². The fraction of sp³-hybridized carbons (Fsp3) is 0.304. The molecule has 2 N–H and O–H groups in total. The quantitative estimate of drug-likeness (QED) is 0.695. The summed E-state index contributed by atoms with van der Waals surface area (Å²) in [4.78, 5) is 32.4. The number of aromatic amines is 1. The van der Waals surface area contributed by atoms with Crippen molar-refractivity contribution >= 4 is 28.4 Å². The Hall–Kier alpha value is -3.19. The van der Waals surface area contributed by atoms with Gasteiger partial charge in [-0.15, -0.1) is 0 Å². The highest BCUT2D eigenvalue weighted by Gasteiger charge is 2.28. The minimum atomic E-state index is -0.375. The van der Waals surface area contributed by atoms with Crippen LogP contribution in [0.2, 0.25) is 0 Å². The van der Waals surface area contributed by atoms with Gasteiger partial charge in [-0.3, -0.25) is 14.5 Å². The molecule has 2 aromatic carbocycles. The van der Waals surface area contributed by atoms with Crippen LogP contribution in [0.25, 0.3) is 10.9 Å². The number of carbonyl (C=O) groups excluding carboxylic acids is 2. The predicted octanol–water partition coefficient (Wildman–Crippen LogP) is 3.40. The molecule has 30 heavy (non-hydrogen) atoms. The fourth-order valence-electron chi connectivity index (χ4n) is 3.75. The van der Waals surface area contributed by atoms with Gasteiger partial charge in [-0.05, 0) is 43.7 Å². The lowest BCUT2D eigenvalue weighted by molar-refractivity contribution is -0.121. The number of nitrogens with one attached hydrogen (secondary N) is 2. The van der Waals surface area contributed by atoms with Crippen LogP contribution in [-0.2, 0) is 4.79 Å². The zero-order chi connectivity index (χ0) is 21.3. The monoisotopic (exact) mass is 408 g/mol. The van der Waals surface area contributed by atoms with Crippen LogP contribution in [-0.4, -0.2) is 58.8 Å². The standard InChI is InChI=1S/C23H25FN4O2/c1-15-7-8-18(14-19(15)24)25-22(29)16(2)27-9-11-28(12-10-27)23(30)21-13-17-5-3-4-6-20(17)26-21/h3-8,13-14,16,26H,9-12H2,1-2H3,(H,25,29). The van der Waals surface area contributed by atoms with E-state index in [9.17, 15) is 14.0 Å². The largest absolute Gasteiger partial charge is 0.351 e. The first kappa shape index (κ1) is 20.1. The molecular formula is C23H25FN4O2. The maximum atomic E-state index is 13.7. The zero-order valence-corrected chi connectivity index (χ0v) is 17.1. The number of fused-ring (bicyclic) bond motifs is 1. The third-order valence-electron chi connectivity index (χ3n) is 5.73. The van der Waals surface area contributed by atoms with Gasteiger partial charge < -0.3 is 15.2 Å². The maximum absolute atomic E-state index is 13.7. The summed E-state index contributed by atoms with van der Waals surface area (Å²) in [7, 11) is 0. The Bertz CT molecular complexity index is 1050. The van der Waals surface area contributed by atoms with Gasteiger partial charge in [-0.1, -0.05) is 24.3 Å². The van der Waals surface area contributed by atoms with Crippen molar-refractivity contribution < 1.29 is 14.0 Å². The molecule has 1 aliphatic heterocycles. The second kappa shape index (κ2) is 8.28. The molecule has 0 aliphatic carbocycles. The van der Waals surface area contributed by atoms with Gasteiger partial charge >= 0.3 is 0 Å². The van der Waals surface area contributed by atoms with Crippen molar-refractivity contribution in [1.29, 1.82) is 0 Å². The highest BCUT2D eigenvalue weighted by molar-refractivity contribution is 5.98. The van der Waals surface area contributed by atoms with Crippen LogP contribution < -0.4 is 5.32 Å². The number of H-pyrrole nitrogens is 1. The number of halogens is 1. The molecule has 2 amide bonds. The lowest BCUT2D eigenvalue weighted by atomic mass is 10.2. The molecule has 156 valence electrons. The molecule has 0 saturated carbocycles. The first-order valence-electron chi connectivity index (χ1n) is 10.1. The highest BCUT2D eigenvalue weighted by Crippen LogP contribution is 2.18. The topological polar surface area (TPSA) is 68.4 Å². The number of aromatic nitrogens is 1. The number of nitrogens with zero attached hydrogens (tertiary/aromatic N) is 2. The first-order chi connectivity index (χ1) is 14.4. The molecule has 1 atom stereocenters. The van der Waals surface area contributed by atoms with E-state index in [-0.39, 0.29) is 23.7 Å². The molecule has 1 aromatic heterocycles. The van der Waals surface area contributed by atoms with Crippen molar-refractivity contribution in [2.75, 3.05) is 31.5 Å². The number of carbonyl (C=O) groups is 2. The Labute approximate surface area is 174 Å². The molecule has 1 aliphatic rings. The summed E-state index contributed by atoms with van der Waals surface area (Å²) in [6.07, 6.45) is 0. The number of rotatable bonds is 4. The van der Waals surface area contributed by atoms with Crippen molar-refractivity contribution in [1.82, 2.24) is 14.8 Å². The second-order valence-electron chi connectivity index (χ2n) is 7.73. The second-order valence-corrected chi connectivity index (χ2v) is 7.73. The molecule has 0 radical (unpaired) electrons. The first-order valence-corrected chi connectivity index (χ1v) is 10.1. The zero-order valence-electron chi connectivity index (χ0n) is 17.1. The smallest absolute Gasteiger partial charge is 0.270 e. The van der Waals surface area contributed by atoms with Crippen LogP contribution in [0.15, 0.2) is 48.5 Å². The molecule has 1 saturated heterocycles. The summed E-state index contributed by atoms with van der Waals surface area (Å²) in [5.41, 5.74) is 2.51. The fourth-order valence-corrected chi connectivity index (χ4v) is 3.75. The van der Waals surface area contributed by atoms with Gasteiger partial charge in [-0.25, -0.2) is 4.39 Å². The molecule has 7 heteroatoms. The van der Waals surface area contributed by atoms with Crippen molar-refractivity contribution in [3.63, 3.8) is 0 Å². The number of hydrogen-bond acceptors (Lipinski definition) is 3. The molecule has 3 aromatic rings. The van der Waals surface area contributed by atoms with Crippen molar-refractivity contribution in [3.8, 4) is 0 Å². The predicted molar refractivity (Wildman–Crippen MR) is 115 cm³/mol. The summed E-state index contributed by atoms with van der Waals surface area (Å²) in [5.74, 6) is -0.559. The van der Waals surface area contributed by atoms with E-state index in [1.807, 2.05) is 42.2 Å². The molecule has 0 spiro atoms. The third-order valence-corrected chi connectivity index (χ3v) is 5.73. The summed E-state index contributed by atoms with van der Waals surface area (Å²) < 4.78 is 13.7. The number of aryl methyl sites for hydroxylation is 1.